The molecule has 3 nitrogen and oxygen atoms in total. The van der Waals surface area contributed by atoms with Crippen LogP contribution in [0.1, 0.15) is 18.4 Å². The van der Waals surface area contributed by atoms with Crippen molar-refractivity contribution in [2.75, 3.05) is 13.1 Å². The van der Waals surface area contributed by atoms with Gasteiger partial charge in [0.05, 0.1) is 6.10 Å². The summed E-state index contributed by atoms with van der Waals surface area (Å²) in [5.41, 5.74) is -0.280. The Labute approximate surface area is 108 Å². The number of benzene rings is 1. The first kappa shape index (κ1) is 11.9. The molecule has 0 spiro atoms. The molecule has 3 heteroatoms. The predicted octanol–water partition coefficient (Wildman–Crippen LogP) is 1.88. The normalized spacial score (nSPS) is 33.9. The molecule has 0 radical (unpaired) electrons. The minimum Gasteiger partial charge on any atom is -0.377 e. The van der Waals surface area contributed by atoms with E-state index in [9.17, 15) is 5.11 Å². The summed E-state index contributed by atoms with van der Waals surface area (Å²) < 4.78 is 6.00. The standard InChI is InChI=1S/C15H19NO2/c1-2-15(17,12-7-4-3-5-8-12)14-16-10-6-9-13(11-16)18-14/h2-5,7-8,13-14,17H,1,6,9-11H2/t13-,14+,15+/m1/s1. The lowest BCUT2D eigenvalue weighted by Crippen LogP contribution is -2.47. The molecule has 0 amide bonds. The van der Waals surface area contributed by atoms with Gasteiger partial charge in [-0.05, 0) is 18.4 Å². The summed E-state index contributed by atoms with van der Waals surface area (Å²) in [6.07, 6.45) is 3.80. The summed E-state index contributed by atoms with van der Waals surface area (Å²) in [5.74, 6) is 0. The van der Waals surface area contributed by atoms with Gasteiger partial charge in [0.1, 0.15) is 11.8 Å². The van der Waals surface area contributed by atoms with E-state index in [1.165, 1.54) is 0 Å². The molecule has 0 saturated carbocycles. The van der Waals surface area contributed by atoms with Crippen LogP contribution < -0.4 is 0 Å². The summed E-state index contributed by atoms with van der Waals surface area (Å²) >= 11 is 0. The molecule has 2 bridgehead atoms. The minimum atomic E-state index is -1.12. The van der Waals surface area contributed by atoms with E-state index in [2.05, 4.69) is 11.5 Å². The molecule has 1 unspecified atom stereocenters. The van der Waals surface area contributed by atoms with E-state index in [1.807, 2.05) is 30.3 Å². The van der Waals surface area contributed by atoms with Crippen LogP contribution in [0, 0.1) is 0 Å². The largest absolute Gasteiger partial charge is 0.377 e. The highest BCUT2D eigenvalue weighted by Crippen LogP contribution is 2.37. The molecular formula is C15H19NO2. The molecule has 1 N–H and O–H groups in total. The highest BCUT2D eigenvalue weighted by Gasteiger charge is 2.47. The van der Waals surface area contributed by atoms with Crippen molar-refractivity contribution in [3.05, 3.63) is 48.6 Å². The monoisotopic (exact) mass is 245 g/mol. The number of hydrogen-bond acceptors (Lipinski definition) is 3. The zero-order chi connectivity index (χ0) is 12.6. The van der Waals surface area contributed by atoms with Crippen molar-refractivity contribution in [2.45, 2.75) is 30.8 Å². The SMILES string of the molecule is C=C[C@](O)(c1ccccc1)[C@@H]1O[C@@H]2CCCN1C2. The van der Waals surface area contributed by atoms with E-state index in [1.54, 1.807) is 6.08 Å². The molecule has 2 aliphatic heterocycles. The van der Waals surface area contributed by atoms with Crippen molar-refractivity contribution in [2.24, 2.45) is 0 Å². The van der Waals surface area contributed by atoms with Crippen LogP contribution in [-0.4, -0.2) is 35.4 Å². The molecule has 18 heavy (non-hydrogen) atoms. The van der Waals surface area contributed by atoms with Crippen LogP contribution in [-0.2, 0) is 10.3 Å². The van der Waals surface area contributed by atoms with Gasteiger partial charge in [0.15, 0.2) is 0 Å². The molecule has 96 valence electrons. The zero-order valence-corrected chi connectivity index (χ0v) is 10.5. The Hall–Kier alpha value is -1.16. The lowest BCUT2D eigenvalue weighted by molar-refractivity contribution is -0.117. The van der Waals surface area contributed by atoms with Gasteiger partial charge in [0.25, 0.3) is 0 Å². The Bertz CT molecular complexity index is 433. The summed E-state index contributed by atoms with van der Waals surface area (Å²) in [6, 6.07) is 9.66. The van der Waals surface area contributed by atoms with Gasteiger partial charge in [-0.25, -0.2) is 0 Å². The fourth-order valence-corrected chi connectivity index (χ4v) is 3.01. The van der Waals surface area contributed by atoms with Crippen molar-refractivity contribution in [3.63, 3.8) is 0 Å². The maximum absolute atomic E-state index is 11.0. The van der Waals surface area contributed by atoms with Crippen molar-refractivity contribution in [1.29, 1.82) is 0 Å². The molecule has 4 atom stereocenters. The molecule has 3 rings (SSSR count). The number of nitrogens with zero attached hydrogens (tertiary/aromatic N) is 1. The summed E-state index contributed by atoms with van der Waals surface area (Å²) in [5, 5.41) is 11.0. The van der Waals surface area contributed by atoms with Crippen molar-refractivity contribution in [1.82, 2.24) is 4.90 Å². The maximum atomic E-state index is 11.0. The minimum absolute atomic E-state index is 0.263. The zero-order valence-electron chi connectivity index (χ0n) is 10.5. The van der Waals surface area contributed by atoms with Gasteiger partial charge in [0, 0.05) is 13.1 Å². The maximum Gasteiger partial charge on any atom is 0.148 e. The number of aliphatic hydroxyl groups is 1. The Kier molecular flexibility index (Phi) is 2.98. The Morgan fingerprint density at radius 1 is 1.39 bits per heavy atom. The van der Waals surface area contributed by atoms with Crippen molar-refractivity contribution < 1.29 is 9.84 Å². The van der Waals surface area contributed by atoms with Crippen molar-refractivity contribution in [3.8, 4) is 0 Å². The van der Waals surface area contributed by atoms with Crippen LogP contribution in [0.25, 0.3) is 0 Å². The number of piperidine rings is 1. The second-order valence-corrected chi connectivity index (χ2v) is 5.14. The van der Waals surface area contributed by atoms with E-state index >= 15 is 0 Å². The third-order valence-corrected chi connectivity index (χ3v) is 3.99. The average Bonchev–Trinajstić information content (AvgIpc) is 2.74. The van der Waals surface area contributed by atoms with Crippen LogP contribution >= 0.6 is 0 Å². The van der Waals surface area contributed by atoms with Crippen LogP contribution in [0.2, 0.25) is 0 Å². The first-order valence-corrected chi connectivity index (χ1v) is 6.55. The number of fused-ring (bicyclic) bond motifs is 2. The molecular weight excluding hydrogens is 226 g/mol. The highest BCUT2D eigenvalue weighted by atomic mass is 16.5. The predicted molar refractivity (Wildman–Crippen MR) is 70.0 cm³/mol. The van der Waals surface area contributed by atoms with E-state index in [4.69, 9.17) is 4.74 Å². The van der Waals surface area contributed by atoms with E-state index in [0.717, 1.165) is 31.5 Å². The molecule has 2 heterocycles. The number of hydrogen-bond donors (Lipinski definition) is 1. The summed E-state index contributed by atoms with van der Waals surface area (Å²) in [4.78, 5) is 2.23. The molecule has 0 aliphatic carbocycles. The van der Waals surface area contributed by atoms with Crippen LogP contribution in [0.5, 0.6) is 0 Å². The summed E-state index contributed by atoms with van der Waals surface area (Å²) in [6.45, 7) is 5.73. The van der Waals surface area contributed by atoms with Crippen LogP contribution in [0.15, 0.2) is 43.0 Å². The van der Waals surface area contributed by atoms with E-state index < -0.39 is 5.60 Å². The molecule has 1 aromatic rings. The van der Waals surface area contributed by atoms with Gasteiger partial charge < -0.3 is 9.84 Å². The van der Waals surface area contributed by atoms with E-state index in [-0.39, 0.29) is 12.3 Å². The second-order valence-electron chi connectivity index (χ2n) is 5.14. The fourth-order valence-electron chi connectivity index (χ4n) is 3.01. The van der Waals surface area contributed by atoms with Gasteiger partial charge in [0.2, 0.25) is 0 Å². The first-order valence-electron chi connectivity index (χ1n) is 6.55. The highest BCUT2D eigenvalue weighted by molar-refractivity contribution is 5.28. The first-order chi connectivity index (χ1) is 8.74. The molecule has 2 saturated heterocycles. The smallest absolute Gasteiger partial charge is 0.148 e. The van der Waals surface area contributed by atoms with E-state index in [0.29, 0.717) is 0 Å². The van der Waals surface area contributed by atoms with Crippen LogP contribution in [0.3, 0.4) is 0 Å². The van der Waals surface area contributed by atoms with Gasteiger partial charge in [-0.15, -0.1) is 0 Å². The number of ether oxygens (including phenoxy) is 1. The van der Waals surface area contributed by atoms with Gasteiger partial charge in [-0.2, -0.15) is 0 Å². The van der Waals surface area contributed by atoms with Gasteiger partial charge >= 0.3 is 0 Å². The van der Waals surface area contributed by atoms with Gasteiger partial charge in [-0.3, -0.25) is 4.90 Å². The Balaban J connectivity index is 1.94. The lowest BCUT2D eigenvalue weighted by atomic mass is 9.91. The second kappa shape index (κ2) is 4.50. The number of rotatable bonds is 3. The molecule has 0 aromatic heterocycles. The fraction of sp³-hybridized carbons (Fsp3) is 0.467. The molecule has 2 aliphatic rings. The lowest BCUT2D eigenvalue weighted by Gasteiger charge is -2.35. The topological polar surface area (TPSA) is 32.7 Å². The van der Waals surface area contributed by atoms with Crippen molar-refractivity contribution >= 4 is 0 Å². The Morgan fingerprint density at radius 2 is 2.17 bits per heavy atom. The Morgan fingerprint density at radius 3 is 2.83 bits per heavy atom. The third kappa shape index (κ3) is 1.79. The third-order valence-electron chi connectivity index (χ3n) is 3.99. The average molecular weight is 245 g/mol. The molecule has 2 fully saturated rings. The quantitative estimate of drug-likeness (QED) is 0.825. The summed E-state index contributed by atoms with van der Waals surface area (Å²) in [7, 11) is 0. The van der Waals surface area contributed by atoms with Crippen LogP contribution in [0.4, 0.5) is 0 Å². The molecule has 1 aromatic carbocycles. The van der Waals surface area contributed by atoms with Gasteiger partial charge in [-0.1, -0.05) is 43.0 Å².